The molecule has 10 nitrogen and oxygen atoms in total. The number of benzene rings is 2. The molecule has 2 atom stereocenters. The molecule has 2 aromatic carbocycles. The Labute approximate surface area is 195 Å². The van der Waals surface area contributed by atoms with Crippen LogP contribution in [0.3, 0.4) is 0 Å². The van der Waals surface area contributed by atoms with Crippen molar-refractivity contribution in [1.29, 1.82) is 0 Å². The van der Waals surface area contributed by atoms with Crippen molar-refractivity contribution < 1.29 is 29.0 Å². The number of hydrogen-bond donors (Lipinski definition) is 5. The summed E-state index contributed by atoms with van der Waals surface area (Å²) in [5, 5.41) is 17.0. The standard InChI is InChI=1S/C24H26N4O6/c1-15(23(31)32)27-21(29)13-26-22(30)20(11-17-12-25-19-10-6-5-9-18(17)19)28-24(33)34-14-16-7-3-2-4-8-16/h2-10,12,15,20,25H,11,13-14H2,1H3,(H,26,30)(H,27,29)(H,28,33)(H,31,32)/t15-,20-/m0/s1. The van der Waals surface area contributed by atoms with Gasteiger partial charge in [-0.1, -0.05) is 48.5 Å². The van der Waals surface area contributed by atoms with Crippen LogP contribution in [0.1, 0.15) is 18.1 Å². The number of carboxylic acid groups (broad SMARTS) is 1. The topological polar surface area (TPSA) is 150 Å². The molecule has 0 bridgehead atoms. The van der Waals surface area contributed by atoms with E-state index in [1.54, 1.807) is 18.3 Å². The molecule has 3 amide bonds. The van der Waals surface area contributed by atoms with Gasteiger partial charge in [0.1, 0.15) is 18.7 Å². The minimum Gasteiger partial charge on any atom is -0.480 e. The molecule has 1 aromatic heterocycles. The molecule has 0 spiro atoms. The number of carbonyl (C=O) groups is 4. The quantitative estimate of drug-likeness (QED) is 0.307. The SMILES string of the molecule is C[C@H](NC(=O)CNC(=O)[C@H](Cc1c[nH]c2ccccc12)NC(=O)OCc1ccccc1)C(=O)O. The Morgan fingerprint density at radius 1 is 1.00 bits per heavy atom. The van der Waals surface area contributed by atoms with E-state index in [1.807, 2.05) is 42.5 Å². The van der Waals surface area contributed by atoms with Gasteiger partial charge in [0.25, 0.3) is 0 Å². The van der Waals surface area contributed by atoms with Crippen molar-refractivity contribution in [2.75, 3.05) is 6.54 Å². The van der Waals surface area contributed by atoms with Crippen LogP contribution in [-0.2, 0) is 32.1 Å². The Bertz CT molecular complexity index is 1160. The predicted octanol–water partition coefficient (Wildman–Crippen LogP) is 1.71. The van der Waals surface area contributed by atoms with Gasteiger partial charge in [0, 0.05) is 23.5 Å². The zero-order chi connectivity index (χ0) is 24.5. The van der Waals surface area contributed by atoms with Crippen LogP contribution in [0.15, 0.2) is 60.8 Å². The fraction of sp³-hybridized carbons (Fsp3) is 0.250. The summed E-state index contributed by atoms with van der Waals surface area (Å²) in [7, 11) is 0. The minimum atomic E-state index is -1.19. The maximum atomic E-state index is 12.9. The van der Waals surface area contributed by atoms with Crippen LogP contribution in [0.5, 0.6) is 0 Å². The number of aromatic nitrogens is 1. The number of nitrogens with one attached hydrogen (secondary N) is 4. The van der Waals surface area contributed by atoms with E-state index in [-0.39, 0.29) is 13.0 Å². The first-order valence-corrected chi connectivity index (χ1v) is 10.7. The molecule has 3 aromatic rings. The lowest BCUT2D eigenvalue weighted by atomic mass is 10.0. The average molecular weight is 466 g/mol. The molecule has 0 aliphatic carbocycles. The Kier molecular flexibility index (Phi) is 8.22. The summed E-state index contributed by atoms with van der Waals surface area (Å²) in [5.41, 5.74) is 2.47. The molecular formula is C24H26N4O6. The first-order chi connectivity index (χ1) is 16.3. The van der Waals surface area contributed by atoms with E-state index in [2.05, 4.69) is 20.9 Å². The van der Waals surface area contributed by atoms with Crippen molar-refractivity contribution in [3.8, 4) is 0 Å². The highest BCUT2D eigenvalue weighted by atomic mass is 16.5. The highest BCUT2D eigenvalue weighted by Crippen LogP contribution is 2.19. The number of amides is 3. The number of hydrogen-bond acceptors (Lipinski definition) is 5. The second-order valence-electron chi connectivity index (χ2n) is 7.67. The summed E-state index contributed by atoms with van der Waals surface area (Å²) < 4.78 is 5.24. The van der Waals surface area contributed by atoms with Crippen molar-refractivity contribution >= 4 is 34.8 Å². The van der Waals surface area contributed by atoms with Crippen molar-refractivity contribution in [3.05, 3.63) is 71.9 Å². The van der Waals surface area contributed by atoms with Gasteiger partial charge >= 0.3 is 12.1 Å². The highest BCUT2D eigenvalue weighted by molar-refractivity contribution is 5.91. The number of para-hydroxylation sites is 1. The smallest absolute Gasteiger partial charge is 0.408 e. The summed E-state index contributed by atoms with van der Waals surface area (Å²) in [4.78, 5) is 51.2. The first-order valence-electron chi connectivity index (χ1n) is 10.7. The summed E-state index contributed by atoms with van der Waals surface area (Å²) in [6.07, 6.45) is 1.11. The van der Waals surface area contributed by atoms with E-state index < -0.39 is 42.5 Å². The molecular weight excluding hydrogens is 440 g/mol. The second-order valence-corrected chi connectivity index (χ2v) is 7.67. The third-order valence-electron chi connectivity index (χ3n) is 5.09. The number of alkyl carbamates (subject to hydrolysis) is 1. The molecule has 1 heterocycles. The lowest BCUT2D eigenvalue weighted by Crippen LogP contribution is -2.51. The van der Waals surface area contributed by atoms with Gasteiger partial charge in [0.15, 0.2) is 0 Å². The van der Waals surface area contributed by atoms with Crippen molar-refractivity contribution in [2.24, 2.45) is 0 Å². The van der Waals surface area contributed by atoms with Gasteiger partial charge in [-0.25, -0.2) is 4.79 Å². The summed E-state index contributed by atoms with van der Waals surface area (Å²) >= 11 is 0. The number of rotatable bonds is 10. The van der Waals surface area contributed by atoms with Crippen LogP contribution in [0, 0.1) is 0 Å². The van der Waals surface area contributed by atoms with E-state index in [4.69, 9.17) is 9.84 Å². The van der Waals surface area contributed by atoms with E-state index in [0.717, 1.165) is 22.0 Å². The van der Waals surface area contributed by atoms with Gasteiger partial charge < -0.3 is 30.8 Å². The van der Waals surface area contributed by atoms with Crippen LogP contribution >= 0.6 is 0 Å². The fourth-order valence-corrected chi connectivity index (χ4v) is 3.28. The Balaban J connectivity index is 1.66. The number of ether oxygens (including phenoxy) is 1. The van der Waals surface area contributed by atoms with E-state index >= 15 is 0 Å². The third kappa shape index (κ3) is 6.83. The van der Waals surface area contributed by atoms with Gasteiger partial charge in [-0.3, -0.25) is 14.4 Å². The monoisotopic (exact) mass is 466 g/mol. The number of carboxylic acids is 1. The molecule has 0 saturated heterocycles. The number of aromatic amines is 1. The van der Waals surface area contributed by atoms with Gasteiger partial charge in [0.2, 0.25) is 11.8 Å². The van der Waals surface area contributed by atoms with E-state index in [1.165, 1.54) is 6.92 Å². The molecule has 5 N–H and O–H groups in total. The van der Waals surface area contributed by atoms with Gasteiger partial charge in [-0.05, 0) is 24.1 Å². The summed E-state index contributed by atoms with van der Waals surface area (Å²) in [6, 6.07) is 14.5. The fourth-order valence-electron chi connectivity index (χ4n) is 3.28. The first kappa shape index (κ1) is 24.3. The van der Waals surface area contributed by atoms with Gasteiger partial charge in [-0.15, -0.1) is 0 Å². The Morgan fingerprint density at radius 2 is 1.71 bits per heavy atom. The molecule has 0 fully saturated rings. The molecule has 3 rings (SSSR count). The molecule has 0 unspecified atom stereocenters. The molecule has 34 heavy (non-hydrogen) atoms. The maximum absolute atomic E-state index is 12.9. The van der Waals surface area contributed by atoms with Crippen LogP contribution in [0.25, 0.3) is 10.9 Å². The number of fused-ring (bicyclic) bond motifs is 1. The molecule has 10 heteroatoms. The molecule has 0 radical (unpaired) electrons. The van der Waals surface area contributed by atoms with Crippen LogP contribution in [-0.4, -0.2) is 52.6 Å². The molecule has 178 valence electrons. The second kappa shape index (κ2) is 11.5. The Morgan fingerprint density at radius 3 is 2.44 bits per heavy atom. The van der Waals surface area contributed by atoms with Gasteiger partial charge in [-0.2, -0.15) is 0 Å². The zero-order valence-electron chi connectivity index (χ0n) is 18.5. The average Bonchev–Trinajstić information content (AvgIpc) is 3.24. The van der Waals surface area contributed by atoms with Gasteiger partial charge in [0.05, 0.1) is 6.54 Å². The lowest BCUT2D eigenvalue weighted by molar-refractivity contribution is -0.141. The third-order valence-corrected chi connectivity index (χ3v) is 5.09. The number of H-pyrrole nitrogens is 1. The maximum Gasteiger partial charge on any atom is 0.408 e. The molecule has 0 saturated carbocycles. The summed E-state index contributed by atoms with van der Waals surface area (Å²) in [5.74, 6) is -2.47. The number of aliphatic carboxylic acids is 1. The van der Waals surface area contributed by atoms with Crippen LogP contribution < -0.4 is 16.0 Å². The number of carbonyl (C=O) groups excluding carboxylic acids is 3. The largest absolute Gasteiger partial charge is 0.480 e. The molecule has 0 aliphatic heterocycles. The predicted molar refractivity (Wildman–Crippen MR) is 124 cm³/mol. The minimum absolute atomic E-state index is 0.0313. The Hall–Kier alpha value is -4.34. The van der Waals surface area contributed by atoms with Crippen LogP contribution in [0.2, 0.25) is 0 Å². The lowest BCUT2D eigenvalue weighted by Gasteiger charge is -2.18. The van der Waals surface area contributed by atoms with E-state index in [0.29, 0.717) is 0 Å². The molecule has 0 aliphatic rings. The normalized spacial score (nSPS) is 12.4. The van der Waals surface area contributed by atoms with E-state index in [9.17, 15) is 19.2 Å². The highest BCUT2D eigenvalue weighted by Gasteiger charge is 2.24. The summed E-state index contributed by atoms with van der Waals surface area (Å²) in [6.45, 7) is 0.900. The van der Waals surface area contributed by atoms with Crippen LogP contribution in [0.4, 0.5) is 4.79 Å². The van der Waals surface area contributed by atoms with Crippen molar-refractivity contribution in [3.63, 3.8) is 0 Å². The van der Waals surface area contributed by atoms with Crippen molar-refractivity contribution in [1.82, 2.24) is 20.9 Å². The van der Waals surface area contributed by atoms with Crippen molar-refractivity contribution in [2.45, 2.75) is 32.0 Å². The zero-order valence-corrected chi connectivity index (χ0v) is 18.5.